The highest BCUT2D eigenvalue weighted by molar-refractivity contribution is 9.10. The highest BCUT2D eigenvalue weighted by Crippen LogP contribution is 2.23. The third-order valence-corrected chi connectivity index (χ3v) is 4.68. The van der Waals surface area contributed by atoms with E-state index in [0.717, 1.165) is 10.0 Å². The lowest BCUT2D eigenvalue weighted by molar-refractivity contribution is 0.0697. The van der Waals surface area contributed by atoms with Crippen LogP contribution in [0.4, 0.5) is 10.5 Å². The fourth-order valence-electron chi connectivity index (χ4n) is 2.42. The van der Waals surface area contributed by atoms with Crippen molar-refractivity contribution in [1.29, 1.82) is 0 Å². The van der Waals surface area contributed by atoms with E-state index in [-0.39, 0.29) is 5.56 Å². The number of aryl methyl sites for hydroxylation is 1. The Labute approximate surface area is 169 Å². The topological polar surface area (TPSA) is 104 Å². The molecule has 7 nitrogen and oxygen atoms in total. The molecular formula is C20H16BrN3O4. The standard InChI is InChI=1S/C20H16BrN3O4/c1-12-9-15(5-7-17(12)21)23-20(27)24-22-11-16-6-8-18(28-16)13-3-2-4-14(10-13)19(25)26/h2-11H,1H3,(H,25,26)(H2,23,24,27)/b22-11-. The van der Waals surface area contributed by atoms with E-state index in [1.165, 1.54) is 18.3 Å². The summed E-state index contributed by atoms with van der Waals surface area (Å²) in [6.07, 6.45) is 1.36. The van der Waals surface area contributed by atoms with Crippen LogP contribution in [0.25, 0.3) is 11.3 Å². The molecule has 1 aromatic heterocycles. The Balaban J connectivity index is 1.61. The lowest BCUT2D eigenvalue weighted by Crippen LogP contribution is -2.24. The van der Waals surface area contributed by atoms with Crippen molar-refractivity contribution in [2.24, 2.45) is 5.10 Å². The Morgan fingerprint density at radius 3 is 2.71 bits per heavy atom. The van der Waals surface area contributed by atoms with Gasteiger partial charge < -0.3 is 14.8 Å². The maximum atomic E-state index is 11.9. The molecule has 2 amide bonds. The minimum atomic E-state index is -1.01. The summed E-state index contributed by atoms with van der Waals surface area (Å²) < 4.78 is 6.57. The van der Waals surface area contributed by atoms with Crippen LogP contribution in [-0.4, -0.2) is 23.3 Å². The van der Waals surface area contributed by atoms with Crippen LogP contribution >= 0.6 is 15.9 Å². The zero-order chi connectivity index (χ0) is 20.1. The fraction of sp³-hybridized carbons (Fsp3) is 0.0500. The van der Waals surface area contributed by atoms with Crippen molar-refractivity contribution in [3.05, 3.63) is 76.0 Å². The number of aromatic carboxylic acids is 1. The molecule has 8 heteroatoms. The first-order valence-electron chi connectivity index (χ1n) is 8.22. The van der Waals surface area contributed by atoms with Crippen LogP contribution in [0.5, 0.6) is 0 Å². The van der Waals surface area contributed by atoms with Crippen molar-refractivity contribution in [3.63, 3.8) is 0 Å². The van der Waals surface area contributed by atoms with Crippen molar-refractivity contribution in [2.45, 2.75) is 6.92 Å². The number of carbonyl (C=O) groups is 2. The van der Waals surface area contributed by atoms with Gasteiger partial charge in [0.15, 0.2) is 0 Å². The number of nitrogens with one attached hydrogen (secondary N) is 2. The lowest BCUT2D eigenvalue weighted by atomic mass is 10.1. The third kappa shape index (κ3) is 4.86. The van der Waals surface area contributed by atoms with Gasteiger partial charge in [0.2, 0.25) is 0 Å². The predicted octanol–water partition coefficient (Wildman–Crippen LogP) is 4.87. The van der Waals surface area contributed by atoms with Gasteiger partial charge in [-0.2, -0.15) is 5.10 Å². The molecule has 0 saturated heterocycles. The number of rotatable bonds is 5. The van der Waals surface area contributed by atoms with Gasteiger partial charge in [-0.3, -0.25) is 0 Å². The molecule has 142 valence electrons. The second kappa shape index (κ2) is 8.53. The first-order valence-corrected chi connectivity index (χ1v) is 9.01. The first kappa shape index (κ1) is 19.4. The van der Waals surface area contributed by atoms with Gasteiger partial charge in [-0.05, 0) is 55.0 Å². The maximum Gasteiger partial charge on any atom is 0.339 e. The van der Waals surface area contributed by atoms with Crippen LogP contribution in [-0.2, 0) is 0 Å². The quantitative estimate of drug-likeness (QED) is 0.387. The third-order valence-electron chi connectivity index (χ3n) is 3.79. The normalized spacial score (nSPS) is 10.8. The molecule has 0 atom stereocenters. The predicted molar refractivity (Wildman–Crippen MR) is 110 cm³/mol. The molecule has 0 bridgehead atoms. The van der Waals surface area contributed by atoms with E-state index < -0.39 is 12.0 Å². The van der Waals surface area contributed by atoms with Crippen molar-refractivity contribution in [1.82, 2.24) is 5.43 Å². The summed E-state index contributed by atoms with van der Waals surface area (Å²) in [4.78, 5) is 23.0. The van der Waals surface area contributed by atoms with Crippen molar-refractivity contribution < 1.29 is 19.1 Å². The molecule has 28 heavy (non-hydrogen) atoms. The summed E-state index contributed by atoms with van der Waals surface area (Å²) in [5.41, 5.74) is 4.81. The summed E-state index contributed by atoms with van der Waals surface area (Å²) in [6, 6.07) is 14.7. The van der Waals surface area contributed by atoms with Gasteiger partial charge in [-0.25, -0.2) is 15.0 Å². The number of halogens is 1. The van der Waals surface area contributed by atoms with E-state index in [1.54, 1.807) is 30.3 Å². The maximum absolute atomic E-state index is 11.9. The van der Waals surface area contributed by atoms with Gasteiger partial charge in [0.25, 0.3) is 0 Å². The van der Waals surface area contributed by atoms with Crippen molar-refractivity contribution >= 4 is 39.8 Å². The van der Waals surface area contributed by atoms with Gasteiger partial charge in [-0.15, -0.1) is 0 Å². The number of anilines is 1. The molecule has 0 radical (unpaired) electrons. The highest BCUT2D eigenvalue weighted by Gasteiger charge is 2.08. The summed E-state index contributed by atoms with van der Waals surface area (Å²) in [7, 11) is 0. The van der Waals surface area contributed by atoms with Crippen molar-refractivity contribution in [3.8, 4) is 11.3 Å². The SMILES string of the molecule is Cc1cc(NC(=O)N/N=C\c2ccc(-c3cccc(C(=O)O)c3)o2)ccc1Br. The minimum absolute atomic E-state index is 0.172. The van der Waals surface area contributed by atoms with Gasteiger partial charge in [-0.1, -0.05) is 28.1 Å². The molecule has 0 fully saturated rings. The number of carboxylic acid groups (broad SMARTS) is 1. The largest absolute Gasteiger partial charge is 0.478 e. The monoisotopic (exact) mass is 441 g/mol. The van der Waals surface area contributed by atoms with Gasteiger partial charge >= 0.3 is 12.0 Å². The van der Waals surface area contributed by atoms with E-state index in [1.807, 2.05) is 19.1 Å². The van der Waals surface area contributed by atoms with Crippen LogP contribution in [0.2, 0.25) is 0 Å². The molecule has 0 aliphatic rings. The van der Waals surface area contributed by atoms with Crippen LogP contribution in [0, 0.1) is 6.92 Å². The molecule has 3 N–H and O–H groups in total. The summed E-state index contributed by atoms with van der Waals surface area (Å²) in [6.45, 7) is 1.92. The zero-order valence-corrected chi connectivity index (χ0v) is 16.4. The molecule has 0 unspecified atom stereocenters. The van der Waals surface area contributed by atoms with E-state index in [0.29, 0.717) is 22.8 Å². The Hall–Kier alpha value is -3.39. The number of furan rings is 1. The molecule has 0 aliphatic carbocycles. The summed E-state index contributed by atoms with van der Waals surface area (Å²) in [5, 5.41) is 15.6. The van der Waals surface area contributed by atoms with E-state index in [4.69, 9.17) is 9.52 Å². The van der Waals surface area contributed by atoms with Gasteiger partial charge in [0.05, 0.1) is 11.8 Å². The molecule has 3 rings (SSSR count). The number of urea groups is 1. The second-order valence-electron chi connectivity index (χ2n) is 5.88. The first-order chi connectivity index (χ1) is 13.4. The van der Waals surface area contributed by atoms with E-state index in [2.05, 4.69) is 31.8 Å². The average molecular weight is 442 g/mol. The molecule has 3 aromatic rings. The fourth-order valence-corrected chi connectivity index (χ4v) is 2.67. The number of benzene rings is 2. The van der Waals surface area contributed by atoms with Crippen LogP contribution in [0.15, 0.2) is 68.6 Å². The number of hydrogen-bond donors (Lipinski definition) is 3. The zero-order valence-electron chi connectivity index (χ0n) is 14.8. The molecule has 1 heterocycles. The Morgan fingerprint density at radius 1 is 1.14 bits per heavy atom. The number of carbonyl (C=O) groups excluding carboxylic acids is 1. The van der Waals surface area contributed by atoms with Gasteiger partial charge in [0, 0.05) is 15.7 Å². The second-order valence-corrected chi connectivity index (χ2v) is 6.73. The van der Waals surface area contributed by atoms with E-state index in [9.17, 15) is 9.59 Å². The Kier molecular flexibility index (Phi) is 5.90. The number of amides is 2. The summed E-state index contributed by atoms with van der Waals surface area (Å²) in [5.74, 6) is -0.0961. The average Bonchev–Trinajstić information content (AvgIpc) is 3.14. The summed E-state index contributed by atoms with van der Waals surface area (Å²) >= 11 is 3.40. The number of hydrazone groups is 1. The molecule has 2 aromatic carbocycles. The van der Waals surface area contributed by atoms with Crippen molar-refractivity contribution in [2.75, 3.05) is 5.32 Å². The molecule has 0 saturated carbocycles. The molecule has 0 spiro atoms. The highest BCUT2D eigenvalue weighted by atomic mass is 79.9. The smallest absolute Gasteiger partial charge is 0.339 e. The lowest BCUT2D eigenvalue weighted by Gasteiger charge is -2.05. The molecule has 0 aliphatic heterocycles. The molecular weight excluding hydrogens is 426 g/mol. The van der Waals surface area contributed by atoms with Crippen LogP contribution < -0.4 is 10.7 Å². The van der Waals surface area contributed by atoms with Gasteiger partial charge in [0.1, 0.15) is 11.5 Å². The number of carboxylic acids is 1. The Bertz CT molecular complexity index is 1060. The minimum Gasteiger partial charge on any atom is -0.478 e. The van der Waals surface area contributed by atoms with Crippen LogP contribution in [0.1, 0.15) is 21.7 Å². The number of nitrogens with zero attached hydrogens (tertiary/aromatic N) is 1. The Morgan fingerprint density at radius 2 is 1.96 bits per heavy atom. The van der Waals surface area contributed by atoms with Crippen LogP contribution in [0.3, 0.4) is 0 Å². The van der Waals surface area contributed by atoms with E-state index >= 15 is 0 Å². The number of hydrogen-bond acceptors (Lipinski definition) is 4.